The molecule has 0 aromatic carbocycles. The van der Waals surface area contributed by atoms with Crippen LogP contribution in [0, 0.1) is 5.92 Å². The molecule has 2 N–H and O–H groups in total. The van der Waals surface area contributed by atoms with Crippen molar-refractivity contribution in [1.29, 1.82) is 0 Å². The topological polar surface area (TPSA) is 35.5 Å². The fourth-order valence-corrected chi connectivity index (χ4v) is 2.95. The van der Waals surface area contributed by atoms with Crippen molar-refractivity contribution in [2.75, 3.05) is 32.8 Å². The van der Waals surface area contributed by atoms with E-state index in [9.17, 15) is 0 Å². The van der Waals surface area contributed by atoms with E-state index in [4.69, 9.17) is 5.11 Å². The number of hydrogen-bond donors (Lipinski definition) is 2. The molecule has 0 aliphatic carbocycles. The van der Waals surface area contributed by atoms with Gasteiger partial charge in [-0.1, -0.05) is 20.3 Å². The molecule has 1 saturated heterocycles. The standard InChI is InChI=1S/C15H32N2O/c1-3-9-16-15-8-11-17(13-14(15)4-2)10-6-5-7-12-18/h14-16,18H,3-13H2,1-2H3. The third kappa shape index (κ3) is 5.68. The van der Waals surface area contributed by atoms with Crippen LogP contribution in [0.3, 0.4) is 0 Å². The zero-order valence-electron chi connectivity index (χ0n) is 12.3. The van der Waals surface area contributed by atoms with Gasteiger partial charge in [0.2, 0.25) is 0 Å². The predicted octanol–water partition coefficient (Wildman–Crippen LogP) is 2.25. The molecule has 1 fully saturated rings. The van der Waals surface area contributed by atoms with E-state index in [1.54, 1.807) is 0 Å². The van der Waals surface area contributed by atoms with E-state index in [2.05, 4.69) is 24.1 Å². The third-order valence-electron chi connectivity index (χ3n) is 4.13. The van der Waals surface area contributed by atoms with Gasteiger partial charge in [0.25, 0.3) is 0 Å². The average molecular weight is 256 g/mol. The molecule has 18 heavy (non-hydrogen) atoms. The highest BCUT2D eigenvalue weighted by Gasteiger charge is 2.26. The van der Waals surface area contributed by atoms with Crippen LogP contribution in [-0.4, -0.2) is 48.8 Å². The lowest BCUT2D eigenvalue weighted by atomic mass is 9.89. The molecule has 1 rings (SSSR count). The number of aliphatic hydroxyl groups is 1. The molecular formula is C15H32N2O. The van der Waals surface area contributed by atoms with Gasteiger partial charge >= 0.3 is 0 Å². The van der Waals surface area contributed by atoms with Crippen LogP contribution in [0.1, 0.15) is 52.4 Å². The highest BCUT2D eigenvalue weighted by molar-refractivity contribution is 4.84. The van der Waals surface area contributed by atoms with Gasteiger partial charge in [0.15, 0.2) is 0 Å². The number of aliphatic hydroxyl groups excluding tert-OH is 1. The summed E-state index contributed by atoms with van der Waals surface area (Å²) < 4.78 is 0. The van der Waals surface area contributed by atoms with Crippen LogP contribution in [0.25, 0.3) is 0 Å². The fraction of sp³-hybridized carbons (Fsp3) is 1.00. The molecule has 3 nitrogen and oxygen atoms in total. The minimum absolute atomic E-state index is 0.348. The number of hydrogen-bond acceptors (Lipinski definition) is 3. The van der Waals surface area contributed by atoms with Crippen molar-refractivity contribution in [3.63, 3.8) is 0 Å². The molecule has 0 bridgehead atoms. The molecule has 2 unspecified atom stereocenters. The molecule has 0 amide bonds. The van der Waals surface area contributed by atoms with Crippen LogP contribution in [-0.2, 0) is 0 Å². The first-order valence-corrected chi connectivity index (χ1v) is 7.88. The summed E-state index contributed by atoms with van der Waals surface area (Å²) in [6.07, 6.45) is 7.20. The molecule has 3 heteroatoms. The summed E-state index contributed by atoms with van der Waals surface area (Å²) >= 11 is 0. The van der Waals surface area contributed by atoms with Crippen LogP contribution < -0.4 is 5.32 Å². The Labute approximate surface area is 113 Å². The fourth-order valence-electron chi connectivity index (χ4n) is 2.95. The molecule has 1 aliphatic heterocycles. The largest absolute Gasteiger partial charge is 0.396 e. The Morgan fingerprint density at radius 3 is 2.72 bits per heavy atom. The van der Waals surface area contributed by atoms with Crippen LogP contribution in [0.15, 0.2) is 0 Å². The predicted molar refractivity (Wildman–Crippen MR) is 77.9 cm³/mol. The van der Waals surface area contributed by atoms with Gasteiger partial charge in [-0.3, -0.25) is 0 Å². The summed E-state index contributed by atoms with van der Waals surface area (Å²) in [6.45, 7) is 9.80. The molecule has 0 radical (unpaired) electrons. The number of rotatable bonds is 9. The monoisotopic (exact) mass is 256 g/mol. The number of nitrogens with zero attached hydrogens (tertiary/aromatic N) is 1. The lowest BCUT2D eigenvalue weighted by molar-refractivity contribution is 0.132. The molecular weight excluding hydrogens is 224 g/mol. The van der Waals surface area contributed by atoms with Crippen LogP contribution in [0.2, 0.25) is 0 Å². The summed E-state index contributed by atoms with van der Waals surface area (Å²) in [4.78, 5) is 2.62. The van der Waals surface area contributed by atoms with Crippen molar-refractivity contribution >= 4 is 0 Å². The van der Waals surface area contributed by atoms with E-state index in [1.807, 2.05) is 0 Å². The number of likely N-dealkylation sites (tertiary alicyclic amines) is 1. The van der Waals surface area contributed by atoms with E-state index < -0.39 is 0 Å². The van der Waals surface area contributed by atoms with E-state index in [0.29, 0.717) is 6.61 Å². The van der Waals surface area contributed by atoms with Crippen molar-refractivity contribution in [1.82, 2.24) is 10.2 Å². The molecule has 0 spiro atoms. The Morgan fingerprint density at radius 1 is 1.22 bits per heavy atom. The van der Waals surface area contributed by atoms with Crippen LogP contribution >= 0.6 is 0 Å². The van der Waals surface area contributed by atoms with Crippen molar-refractivity contribution < 1.29 is 5.11 Å². The first kappa shape index (κ1) is 15.9. The molecule has 2 atom stereocenters. The Balaban J connectivity index is 2.22. The SMILES string of the molecule is CCCNC1CCN(CCCCCO)CC1CC. The first-order chi connectivity index (χ1) is 8.81. The Hall–Kier alpha value is -0.120. The number of unbranched alkanes of at least 4 members (excludes halogenated alkanes) is 2. The first-order valence-electron chi connectivity index (χ1n) is 7.88. The molecule has 0 saturated carbocycles. The molecule has 108 valence electrons. The van der Waals surface area contributed by atoms with Gasteiger partial charge in [0.1, 0.15) is 0 Å². The third-order valence-corrected chi connectivity index (χ3v) is 4.13. The van der Waals surface area contributed by atoms with E-state index in [0.717, 1.165) is 24.9 Å². The highest BCUT2D eigenvalue weighted by Crippen LogP contribution is 2.20. The van der Waals surface area contributed by atoms with Crippen LogP contribution in [0.4, 0.5) is 0 Å². The smallest absolute Gasteiger partial charge is 0.0431 e. The van der Waals surface area contributed by atoms with Crippen molar-refractivity contribution in [2.45, 2.75) is 58.4 Å². The van der Waals surface area contributed by atoms with Crippen molar-refractivity contribution in [3.8, 4) is 0 Å². The lowest BCUT2D eigenvalue weighted by Crippen LogP contribution is -2.49. The zero-order chi connectivity index (χ0) is 13.2. The summed E-state index contributed by atoms with van der Waals surface area (Å²) in [7, 11) is 0. The molecule has 1 heterocycles. The maximum Gasteiger partial charge on any atom is 0.0431 e. The maximum absolute atomic E-state index is 8.78. The second kappa shape index (κ2) is 9.76. The normalized spacial score (nSPS) is 25.5. The van der Waals surface area contributed by atoms with Gasteiger partial charge in [-0.2, -0.15) is 0 Å². The Kier molecular flexibility index (Phi) is 8.64. The van der Waals surface area contributed by atoms with Gasteiger partial charge < -0.3 is 15.3 Å². The summed E-state index contributed by atoms with van der Waals surface area (Å²) in [6, 6.07) is 0.739. The maximum atomic E-state index is 8.78. The van der Waals surface area contributed by atoms with Gasteiger partial charge in [0, 0.05) is 19.2 Å². The Bertz CT molecular complexity index is 199. The quantitative estimate of drug-likeness (QED) is 0.621. The van der Waals surface area contributed by atoms with E-state index in [-0.39, 0.29) is 0 Å². The highest BCUT2D eigenvalue weighted by atomic mass is 16.2. The second-order valence-corrected chi connectivity index (χ2v) is 5.60. The molecule has 0 aromatic rings. The number of piperidine rings is 1. The van der Waals surface area contributed by atoms with Crippen molar-refractivity contribution in [2.24, 2.45) is 5.92 Å². The van der Waals surface area contributed by atoms with E-state index in [1.165, 1.54) is 51.7 Å². The molecule has 0 aromatic heterocycles. The second-order valence-electron chi connectivity index (χ2n) is 5.60. The minimum atomic E-state index is 0.348. The number of nitrogens with one attached hydrogen (secondary N) is 1. The average Bonchev–Trinajstić information content (AvgIpc) is 2.41. The lowest BCUT2D eigenvalue weighted by Gasteiger charge is -2.39. The van der Waals surface area contributed by atoms with Gasteiger partial charge in [0.05, 0.1) is 0 Å². The van der Waals surface area contributed by atoms with E-state index >= 15 is 0 Å². The zero-order valence-corrected chi connectivity index (χ0v) is 12.3. The summed E-state index contributed by atoms with van der Waals surface area (Å²) in [5.74, 6) is 0.822. The molecule has 1 aliphatic rings. The summed E-state index contributed by atoms with van der Waals surface area (Å²) in [5.41, 5.74) is 0. The van der Waals surface area contributed by atoms with Gasteiger partial charge in [-0.15, -0.1) is 0 Å². The van der Waals surface area contributed by atoms with Gasteiger partial charge in [-0.25, -0.2) is 0 Å². The summed E-state index contributed by atoms with van der Waals surface area (Å²) in [5, 5.41) is 12.5. The van der Waals surface area contributed by atoms with Crippen LogP contribution in [0.5, 0.6) is 0 Å². The minimum Gasteiger partial charge on any atom is -0.396 e. The Morgan fingerprint density at radius 2 is 2.06 bits per heavy atom. The van der Waals surface area contributed by atoms with Crippen molar-refractivity contribution in [3.05, 3.63) is 0 Å². The van der Waals surface area contributed by atoms with Gasteiger partial charge in [-0.05, 0) is 57.7 Å².